The van der Waals surface area contributed by atoms with E-state index < -0.39 is 0 Å². The quantitative estimate of drug-likeness (QED) is 0.457. The van der Waals surface area contributed by atoms with Gasteiger partial charge in [0.05, 0.1) is 5.69 Å². The Morgan fingerprint density at radius 2 is 2.04 bits per heavy atom. The van der Waals surface area contributed by atoms with Gasteiger partial charge in [-0.15, -0.1) is 10.2 Å². The minimum atomic E-state index is -0.0487. The van der Waals surface area contributed by atoms with E-state index in [4.69, 9.17) is 0 Å². The van der Waals surface area contributed by atoms with Gasteiger partial charge in [-0.3, -0.25) is 9.20 Å². The Balaban J connectivity index is 1.70. The number of thioether (sulfide) groups is 2. The fourth-order valence-corrected chi connectivity index (χ4v) is 5.20. The molecule has 0 radical (unpaired) electrons. The zero-order chi connectivity index (χ0) is 16.9. The van der Waals surface area contributed by atoms with E-state index in [1.165, 1.54) is 12.8 Å². The van der Waals surface area contributed by atoms with E-state index in [1.54, 1.807) is 51.5 Å². The van der Waals surface area contributed by atoms with Crippen LogP contribution in [0.15, 0.2) is 37.9 Å². The molecule has 0 spiro atoms. The van der Waals surface area contributed by atoms with Gasteiger partial charge >= 0.3 is 0 Å². The van der Waals surface area contributed by atoms with Crippen molar-refractivity contribution in [2.24, 2.45) is 0 Å². The molecule has 0 unspecified atom stereocenters. The molecule has 8 heteroatoms. The number of aryl methyl sites for hydroxylation is 1. The average molecular weight is 379 g/mol. The van der Waals surface area contributed by atoms with E-state index in [0.717, 1.165) is 25.7 Å². The lowest BCUT2D eigenvalue weighted by Gasteiger charge is -2.05. The van der Waals surface area contributed by atoms with Crippen molar-refractivity contribution in [3.05, 3.63) is 46.0 Å². The number of unbranched alkanes of at least 4 members (excludes halogenated alkanes) is 1. The van der Waals surface area contributed by atoms with Crippen molar-refractivity contribution in [2.45, 2.75) is 41.1 Å². The molecular formula is C16H18N4OS3. The van der Waals surface area contributed by atoms with Gasteiger partial charge in [-0.05, 0) is 25.0 Å². The Bertz CT molecular complexity index is 890. The fourth-order valence-electron chi connectivity index (χ4n) is 2.14. The van der Waals surface area contributed by atoms with Gasteiger partial charge in [0.25, 0.3) is 5.56 Å². The van der Waals surface area contributed by atoms with Crippen LogP contribution < -0.4 is 5.56 Å². The van der Waals surface area contributed by atoms with Crippen molar-refractivity contribution in [3.63, 3.8) is 0 Å². The summed E-state index contributed by atoms with van der Waals surface area (Å²) in [7, 11) is 0. The van der Waals surface area contributed by atoms with Crippen molar-refractivity contribution < 1.29 is 0 Å². The van der Waals surface area contributed by atoms with Crippen molar-refractivity contribution in [2.75, 3.05) is 5.75 Å². The molecule has 3 heterocycles. The van der Waals surface area contributed by atoms with Crippen LogP contribution in [0.1, 0.15) is 31.0 Å². The molecule has 0 saturated heterocycles. The summed E-state index contributed by atoms with van der Waals surface area (Å²) in [5.74, 6) is 1.70. The number of fused-ring (bicyclic) bond motifs is 1. The summed E-state index contributed by atoms with van der Waals surface area (Å²) in [6.45, 7) is 4.14. The second-order valence-electron chi connectivity index (χ2n) is 5.30. The lowest BCUT2D eigenvalue weighted by atomic mass is 10.3. The lowest BCUT2D eigenvalue weighted by Crippen LogP contribution is -2.15. The molecule has 3 aromatic rings. The highest BCUT2D eigenvalue weighted by molar-refractivity contribution is 8.02. The van der Waals surface area contributed by atoms with Crippen molar-refractivity contribution in [3.8, 4) is 0 Å². The highest BCUT2D eigenvalue weighted by atomic mass is 32.2. The molecule has 0 aliphatic carbocycles. The summed E-state index contributed by atoms with van der Waals surface area (Å²) in [5.41, 5.74) is 2.43. The van der Waals surface area contributed by atoms with Crippen molar-refractivity contribution in [1.29, 1.82) is 0 Å². The molecular weight excluding hydrogens is 360 g/mol. The first-order chi connectivity index (χ1) is 11.7. The topological polar surface area (TPSA) is 60.2 Å². The number of pyridine rings is 1. The third-order valence-electron chi connectivity index (χ3n) is 3.39. The number of aromatic nitrogens is 4. The fraction of sp³-hybridized carbons (Fsp3) is 0.375. The Morgan fingerprint density at radius 1 is 1.25 bits per heavy atom. The summed E-state index contributed by atoms with van der Waals surface area (Å²) >= 11 is 4.94. The number of hydrogen-bond donors (Lipinski definition) is 0. The van der Waals surface area contributed by atoms with E-state index in [1.807, 2.05) is 19.1 Å². The maximum atomic E-state index is 12.2. The second-order valence-corrected chi connectivity index (χ2v) is 8.84. The largest absolute Gasteiger partial charge is 0.269 e. The molecule has 0 aliphatic heterocycles. The van der Waals surface area contributed by atoms with Gasteiger partial charge in [0.15, 0.2) is 8.68 Å². The van der Waals surface area contributed by atoms with E-state index in [-0.39, 0.29) is 5.56 Å². The van der Waals surface area contributed by atoms with Crippen LogP contribution in [0.2, 0.25) is 0 Å². The molecule has 0 saturated carbocycles. The van der Waals surface area contributed by atoms with E-state index in [9.17, 15) is 4.79 Å². The van der Waals surface area contributed by atoms with Crippen LogP contribution in [-0.4, -0.2) is 25.3 Å². The van der Waals surface area contributed by atoms with Gasteiger partial charge in [-0.25, -0.2) is 4.98 Å². The van der Waals surface area contributed by atoms with Gasteiger partial charge in [-0.1, -0.05) is 54.3 Å². The van der Waals surface area contributed by atoms with E-state index in [2.05, 4.69) is 22.1 Å². The summed E-state index contributed by atoms with van der Waals surface area (Å²) in [6.07, 6.45) is 4.13. The van der Waals surface area contributed by atoms with Gasteiger partial charge in [0.2, 0.25) is 0 Å². The van der Waals surface area contributed by atoms with Crippen LogP contribution in [0, 0.1) is 6.92 Å². The zero-order valence-corrected chi connectivity index (χ0v) is 16.0. The predicted octanol–water partition coefficient (Wildman–Crippen LogP) is 4.04. The number of rotatable bonds is 7. The normalized spacial score (nSPS) is 11.2. The molecule has 0 fully saturated rings. The molecule has 3 aromatic heterocycles. The molecule has 24 heavy (non-hydrogen) atoms. The Kier molecular flexibility index (Phi) is 5.91. The number of nitrogens with zero attached hydrogens (tertiary/aromatic N) is 4. The van der Waals surface area contributed by atoms with E-state index >= 15 is 0 Å². The third kappa shape index (κ3) is 4.17. The average Bonchev–Trinajstić information content (AvgIpc) is 3.02. The molecule has 0 bridgehead atoms. The second kappa shape index (κ2) is 8.13. The zero-order valence-electron chi connectivity index (χ0n) is 13.6. The first-order valence-electron chi connectivity index (χ1n) is 7.74. The van der Waals surface area contributed by atoms with Gasteiger partial charge in [-0.2, -0.15) is 0 Å². The highest BCUT2D eigenvalue weighted by Gasteiger charge is 2.08. The third-order valence-corrected chi connectivity index (χ3v) is 6.70. The molecule has 0 amide bonds. The van der Waals surface area contributed by atoms with Gasteiger partial charge in [0, 0.05) is 23.8 Å². The molecule has 0 atom stereocenters. The monoisotopic (exact) mass is 378 g/mol. The molecule has 5 nitrogen and oxygen atoms in total. The van der Waals surface area contributed by atoms with Crippen LogP contribution in [0.4, 0.5) is 0 Å². The molecule has 0 aromatic carbocycles. The van der Waals surface area contributed by atoms with E-state index in [0.29, 0.717) is 11.4 Å². The molecule has 126 valence electrons. The van der Waals surface area contributed by atoms with Crippen LogP contribution in [-0.2, 0) is 5.75 Å². The smallest absolute Gasteiger partial charge is 0.258 e. The van der Waals surface area contributed by atoms with Crippen LogP contribution in [0.5, 0.6) is 0 Å². The highest BCUT2D eigenvalue weighted by Crippen LogP contribution is 2.30. The molecule has 0 N–H and O–H groups in total. The Labute approximate surface area is 152 Å². The predicted molar refractivity (Wildman–Crippen MR) is 101 cm³/mol. The Hall–Kier alpha value is -1.38. The minimum absolute atomic E-state index is 0.0487. The molecule has 0 aliphatic rings. The first kappa shape index (κ1) is 17.4. The van der Waals surface area contributed by atoms with Crippen molar-refractivity contribution in [1.82, 2.24) is 19.6 Å². The van der Waals surface area contributed by atoms with Crippen LogP contribution in [0.25, 0.3) is 5.65 Å². The maximum absolute atomic E-state index is 12.2. The summed E-state index contributed by atoms with van der Waals surface area (Å²) in [5, 5.41) is 8.42. The van der Waals surface area contributed by atoms with Gasteiger partial charge in [0.1, 0.15) is 5.65 Å². The maximum Gasteiger partial charge on any atom is 0.258 e. The van der Waals surface area contributed by atoms with Crippen molar-refractivity contribution >= 4 is 40.5 Å². The summed E-state index contributed by atoms with van der Waals surface area (Å²) in [4.78, 5) is 16.8. The SMILES string of the molecule is CCCCSc1nnc(SCc2cc(=O)n3cccc(C)c3n2)s1. The standard InChI is InChI=1S/C16H18N4OS3/c1-3-4-8-22-15-18-19-16(24-15)23-10-12-9-13(21)20-7-5-6-11(2)14(20)17-12/h5-7,9H,3-4,8,10H2,1-2H3. The van der Waals surface area contributed by atoms with Crippen LogP contribution >= 0.6 is 34.9 Å². The summed E-state index contributed by atoms with van der Waals surface area (Å²) < 4.78 is 3.51. The minimum Gasteiger partial charge on any atom is -0.269 e. The van der Waals surface area contributed by atoms with Gasteiger partial charge < -0.3 is 0 Å². The lowest BCUT2D eigenvalue weighted by molar-refractivity contribution is 0.892. The Morgan fingerprint density at radius 3 is 2.83 bits per heavy atom. The number of hydrogen-bond acceptors (Lipinski definition) is 7. The summed E-state index contributed by atoms with van der Waals surface area (Å²) in [6, 6.07) is 5.42. The molecule has 3 rings (SSSR count). The first-order valence-corrected chi connectivity index (χ1v) is 10.5. The van der Waals surface area contributed by atoms with Crippen LogP contribution in [0.3, 0.4) is 0 Å².